The van der Waals surface area contributed by atoms with Gasteiger partial charge in [0.25, 0.3) is 11.5 Å². The fourth-order valence-electron chi connectivity index (χ4n) is 2.61. The number of hydrogen-bond acceptors (Lipinski definition) is 5. The minimum Gasteiger partial charge on any atom is -0.452 e. The van der Waals surface area contributed by atoms with Gasteiger partial charge in [-0.1, -0.05) is 24.3 Å². The van der Waals surface area contributed by atoms with Crippen molar-refractivity contribution < 1.29 is 14.3 Å². The van der Waals surface area contributed by atoms with Crippen molar-refractivity contribution in [2.24, 2.45) is 7.05 Å². The van der Waals surface area contributed by atoms with Gasteiger partial charge in [-0.3, -0.25) is 14.3 Å². The summed E-state index contributed by atoms with van der Waals surface area (Å²) in [5, 5.41) is 4.43. The number of rotatable bonds is 6. The Hall–Kier alpha value is -3.39. The molecule has 0 atom stereocenters. The summed E-state index contributed by atoms with van der Waals surface area (Å²) in [6.45, 7) is 1.25. The number of carbonyl (C=O) groups excluding carboxylic acids is 2. The van der Waals surface area contributed by atoms with Crippen LogP contribution in [0.4, 0.5) is 5.69 Å². The molecular weight excluding hydrogens is 378 g/mol. The lowest BCUT2D eigenvalue weighted by molar-refractivity contribution is -0.142. The van der Waals surface area contributed by atoms with Crippen LogP contribution in [-0.2, 0) is 21.4 Å². The monoisotopic (exact) mass is 397 g/mol. The first-order valence-corrected chi connectivity index (χ1v) is 9.37. The number of ether oxygens (including phenoxy) is 1. The predicted octanol–water partition coefficient (Wildman–Crippen LogP) is 2.74. The highest BCUT2D eigenvalue weighted by Crippen LogP contribution is 2.14. The molecule has 0 radical (unpaired) electrons. The number of hydrogen-bond donors (Lipinski definition) is 1. The molecule has 3 aromatic rings. The van der Waals surface area contributed by atoms with E-state index in [1.54, 1.807) is 36.9 Å². The summed E-state index contributed by atoms with van der Waals surface area (Å²) in [5.74, 6) is -1.21. The average Bonchev–Trinajstić information content (AvgIpc) is 3.29. The summed E-state index contributed by atoms with van der Waals surface area (Å²) in [6, 6.07) is 12.8. The number of amides is 1. The van der Waals surface area contributed by atoms with E-state index < -0.39 is 18.5 Å². The Balaban J connectivity index is 1.66. The van der Waals surface area contributed by atoms with Crippen LogP contribution in [0.1, 0.15) is 10.6 Å². The highest BCUT2D eigenvalue weighted by molar-refractivity contribution is 7.10. The second kappa shape index (κ2) is 8.53. The fourth-order valence-corrected chi connectivity index (χ4v) is 3.23. The van der Waals surface area contributed by atoms with E-state index in [1.807, 2.05) is 35.7 Å². The molecule has 144 valence electrons. The topological polar surface area (TPSA) is 82.3 Å². The molecule has 28 heavy (non-hydrogen) atoms. The number of nitrogens with one attached hydrogen (secondary N) is 1. The first kappa shape index (κ1) is 19.4. The van der Waals surface area contributed by atoms with Crippen LogP contribution in [0.15, 0.2) is 58.7 Å². The van der Waals surface area contributed by atoms with Crippen LogP contribution in [0, 0.1) is 6.92 Å². The Morgan fingerprint density at radius 2 is 1.93 bits per heavy atom. The Kier molecular flexibility index (Phi) is 5.90. The Labute approximate surface area is 165 Å². The number of benzene rings is 1. The van der Waals surface area contributed by atoms with Gasteiger partial charge in [-0.15, -0.1) is 11.3 Å². The number of para-hydroxylation sites is 1. The van der Waals surface area contributed by atoms with Crippen molar-refractivity contribution in [2.75, 3.05) is 11.9 Å². The van der Waals surface area contributed by atoms with E-state index in [4.69, 9.17) is 4.74 Å². The molecule has 8 heteroatoms. The maximum absolute atomic E-state index is 12.7. The van der Waals surface area contributed by atoms with Gasteiger partial charge in [0.05, 0.1) is 11.4 Å². The molecule has 2 heterocycles. The van der Waals surface area contributed by atoms with Crippen LogP contribution in [0.25, 0.3) is 11.8 Å². The van der Waals surface area contributed by atoms with Crippen LogP contribution >= 0.6 is 11.3 Å². The van der Waals surface area contributed by atoms with Gasteiger partial charge in [0, 0.05) is 18.0 Å². The molecule has 0 spiro atoms. The smallest absolute Gasteiger partial charge is 0.331 e. The number of carbonyl (C=O) groups is 2. The number of esters is 1. The minimum absolute atomic E-state index is 0.154. The Morgan fingerprint density at radius 1 is 1.18 bits per heavy atom. The molecule has 7 nitrogen and oxygen atoms in total. The minimum atomic E-state index is -0.630. The van der Waals surface area contributed by atoms with Crippen molar-refractivity contribution in [3.8, 4) is 5.69 Å². The third-order valence-corrected chi connectivity index (χ3v) is 4.93. The van der Waals surface area contributed by atoms with Crippen LogP contribution in [0.3, 0.4) is 0 Å². The van der Waals surface area contributed by atoms with Gasteiger partial charge >= 0.3 is 5.97 Å². The molecule has 0 saturated carbocycles. The lowest BCUT2D eigenvalue weighted by Gasteiger charge is -2.07. The van der Waals surface area contributed by atoms with E-state index in [1.165, 1.54) is 22.1 Å². The zero-order chi connectivity index (χ0) is 20.1. The Bertz CT molecular complexity index is 1060. The highest BCUT2D eigenvalue weighted by Gasteiger charge is 2.18. The van der Waals surface area contributed by atoms with Crippen molar-refractivity contribution in [2.45, 2.75) is 6.92 Å². The van der Waals surface area contributed by atoms with Crippen molar-refractivity contribution in [1.82, 2.24) is 9.36 Å². The van der Waals surface area contributed by atoms with Crippen molar-refractivity contribution in [3.05, 3.63) is 74.8 Å². The fraction of sp³-hybridized carbons (Fsp3) is 0.150. The predicted molar refractivity (Wildman–Crippen MR) is 109 cm³/mol. The van der Waals surface area contributed by atoms with E-state index in [9.17, 15) is 14.4 Å². The third kappa shape index (κ3) is 4.29. The van der Waals surface area contributed by atoms with Gasteiger partial charge < -0.3 is 10.1 Å². The van der Waals surface area contributed by atoms with Crippen LogP contribution in [0.2, 0.25) is 0 Å². The molecule has 0 aliphatic rings. The summed E-state index contributed by atoms with van der Waals surface area (Å²) >= 11 is 1.48. The van der Waals surface area contributed by atoms with Gasteiger partial charge in [-0.2, -0.15) is 0 Å². The van der Waals surface area contributed by atoms with Gasteiger partial charge in [0.15, 0.2) is 6.61 Å². The van der Waals surface area contributed by atoms with Crippen molar-refractivity contribution in [1.29, 1.82) is 0 Å². The van der Waals surface area contributed by atoms with Gasteiger partial charge in [-0.25, -0.2) is 9.48 Å². The molecule has 0 fully saturated rings. The molecule has 0 saturated heterocycles. The van der Waals surface area contributed by atoms with Gasteiger partial charge in [-0.05, 0) is 36.6 Å². The molecule has 2 aromatic heterocycles. The molecule has 0 bridgehead atoms. The molecule has 0 unspecified atom stereocenters. The van der Waals surface area contributed by atoms with Crippen molar-refractivity contribution in [3.63, 3.8) is 0 Å². The second-order valence-corrected chi connectivity index (χ2v) is 6.92. The van der Waals surface area contributed by atoms with Crippen molar-refractivity contribution >= 4 is 35.0 Å². The summed E-state index contributed by atoms with van der Waals surface area (Å²) in [4.78, 5) is 37.5. The SMILES string of the molecule is Cc1c(NC(=O)COC(=O)C=Cc2cccs2)c(=O)n(-c2ccccc2)n1C. The normalized spacial score (nSPS) is 10.9. The standard InChI is InChI=1S/C20H19N3O4S/c1-14-19(20(26)23(22(14)2)15-7-4-3-5-8-15)21-17(24)13-27-18(25)11-10-16-9-6-12-28-16/h3-12H,13H2,1-2H3,(H,21,24). The zero-order valence-corrected chi connectivity index (χ0v) is 16.2. The third-order valence-electron chi connectivity index (χ3n) is 4.09. The maximum Gasteiger partial charge on any atom is 0.331 e. The van der Waals surface area contributed by atoms with Gasteiger partial charge in [0.1, 0.15) is 5.69 Å². The number of aromatic nitrogens is 2. The summed E-state index contributed by atoms with van der Waals surface area (Å²) in [6.07, 6.45) is 2.88. The molecule has 1 aromatic carbocycles. The highest BCUT2D eigenvalue weighted by atomic mass is 32.1. The van der Waals surface area contributed by atoms with Crippen LogP contribution in [0.5, 0.6) is 0 Å². The number of anilines is 1. The average molecular weight is 397 g/mol. The van der Waals surface area contributed by atoms with Crippen LogP contribution < -0.4 is 10.9 Å². The number of nitrogens with zero attached hydrogens (tertiary/aromatic N) is 2. The molecule has 3 rings (SSSR count). The molecule has 1 amide bonds. The largest absolute Gasteiger partial charge is 0.452 e. The quantitative estimate of drug-likeness (QED) is 0.512. The maximum atomic E-state index is 12.7. The van der Waals surface area contributed by atoms with Gasteiger partial charge in [0.2, 0.25) is 0 Å². The Morgan fingerprint density at radius 3 is 2.61 bits per heavy atom. The lowest BCUT2D eigenvalue weighted by Crippen LogP contribution is -2.25. The first-order chi connectivity index (χ1) is 13.5. The number of thiophene rings is 1. The first-order valence-electron chi connectivity index (χ1n) is 8.49. The summed E-state index contributed by atoms with van der Waals surface area (Å²) in [5.41, 5.74) is 1.07. The van der Waals surface area contributed by atoms with E-state index >= 15 is 0 Å². The summed E-state index contributed by atoms with van der Waals surface area (Å²) in [7, 11) is 1.73. The molecule has 1 N–H and O–H groups in total. The van der Waals surface area contributed by atoms with E-state index in [0.29, 0.717) is 11.4 Å². The zero-order valence-electron chi connectivity index (χ0n) is 15.4. The molecule has 0 aliphatic heterocycles. The van der Waals surface area contributed by atoms with Crippen LogP contribution in [-0.4, -0.2) is 27.8 Å². The molecule has 0 aliphatic carbocycles. The summed E-state index contributed by atoms with van der Waals surface area (Å²) < 4.78 is 8.04. The van der Waals surface area contributed by atoms with E-state index in [2.05, 4.69) is 5.32 Å². The van der Waals surface area contributed by atoms with E-state index in [-0.39, 0.29) is 11.2 Å². The molecular formula is C20H19N3O4S. The second-order valence-electron chi connectivity index (χ2n) is 5.94. The van der Waals surface area contributed by atoms with E-state index in [0.717, 1.165) is 4.88 Å². The lowest BCUT2D eigenvalue weighted by atomic mass is 10.3.